The number of carbonyl (C=O) groups is 1. The van der Waals surface area contributed by atoms with Crippen LogP contribution in [0.1, 0.15) is 27.3 Å². The highest BCUT2D eigenvalue weighted by Crippen LogP contribution is 2.23. The Balaban J connectivity index is 1.38. The van der Waals surface area contributed by atoms with E-state index in [4.69, 9.17) is 11.6 Å². The van der Waals surface area contributed by atoms with Crippen molar-refractivity contribution in [1.82, 2.24) is 24.6 Å². The first-order chi connectivity index (χ1) is 14.0. The van der Waals surface area contributed by atoms with Gasteiger partial charge in [0.25, 0.3) is 5.91 Å². The van der Waals surface area contributed by atoms with Gasteiger partial charge in [0.1, 0.15) is 0 Å². The molecule has 0 radical (unpaired) electrons. The fourth-order valence-corrected chi connectivity index (χ4v) is 3.78. The van der Waals surface area contributed by atoms with Crippen LogP contribution >= 0.6 is 11.6 Å². The summed E-state index contributed by atoms with van der Waals surface area (Å²) >= 11 is 6.24. The predicted octanol–water partition coefficient (Wildman–Crippen LogP) is 3.50. The molecule has 1 saturated heterocycles. The number of aromatic nitrogens is 3. The third-order valence-electron chi connectivity index (χ3n) is 5.35. The molecule has 0 unspecified atom stereocenters. The number of rotatable bonds is 4. The first-order valence-electron chi connectivity index (χ1n) is 9.75. The van der Waals surface area contributed by atoms with Crippen molar-refractivity contribution < 1.29 is 4.79 Å². The summed E-state index contributed by atoms with van der Waals surface area (Å²) in [7, 11) is 0. The number of hydrogen-bond donors (Lipinski definition) is 0. The summed E-state index contributed by atoms with van der Waals surface area (Å²) in [6.07, 6.45) is 3.68. The molecule has 0 aliphatic carbocycles. The molecule has 0 atom stereocenters. The quantitative estimate of drug-likeness (QED) is 0.661. The SMILES string of the molecule is Cc1nn(-c2ccc(C(=O)N3CCN(Cc4cccnc4)CC3)cc2)c(C)c1Cl. The van der Waals surface area contributed by atoms with Crippen LogP contribution in [-0.4, -0.2) is 56.7 Å². The zero-order valence-electron chi connectivity index (χ0n) is 16.7. The number of halogens is 1. The van der Waals surface area contributed by atoms with E-state index in [9.17, 15) is 4.79 Å². The van der Waals surface area contributed by atoms with Gasteiger partial charge in [0, 0.05) is 50.7 Å². The smallest absolute Gasteiger partial charge is 0.253 e. The van der Waals surface area contributed by atoms with Crippen molar-refractivity contribution >= 4 is 17.5 Å². The highest BCUT2D eigenvalue weighted by atomic mass is 35.5. The molecule has 6 nitrogen and oxygen atoms in total. The van der Waals surface area contributed by atoms with Crippen molar-refractivity contribution in [1.29, 1.82) is 0 Å². The summed E-state index contributed by atoms with van der Waals surface area (Å²) in [5.74, 6) is 0.0731. The van der Waals surface area contributed by atoms with Crippen molar-refractivity contribution in [2.24, 2.45) is 0 Å². The monoisotopic (exact) mass is 409 g/mol. The molecule has 150 valence electrons. The standard InChI is InChI=1S/C22H24ClN5O/c1-16-21(23)17(2)28(25-16)20-7-5-19(6-8-20)22(29)27-12-10-26(11-13-27)15-18-4-3-9-24-14-18/h3-9,14H,10-13,15H2,1-2H3. The Labute approximate surface area is 175 Å². The molecule has 3 aromatic rings. The molecule has 2 aromatic heterocycles. The normalized spacial score (nSPS) is 14.9. The van der Waals surface area contributed by atoms with Gasteiger partial charge in [-0.05, 0) is 49.7 Å². The van der Waals surface area contributed by atoms with Gasteiger partial charge in [-0.3, -0.25) is 14.7 Å². The zero-order valence-corrected chi connectivity index (χ0v) is 17.4. The fourth-order valence-electron chi connectivity index (χ4n) is 3.66. The number of nitrogens with zero attached hydrogens (tertiary/aromatic N) is 5. The number of amides is 1. The van der Waals surface area contributed by atoms with E-state index in [1.54, 1.807) is 6.20 Å². The second kappa shape index (κ2) is 8.35. The number of pyridine rings is 1. The topological polar surface area (TPSA) is 54.3 Å². The fraction of sp³-hybridized carbons (Fsp3) is 0.318. The van der Waals surface area contributed by atoms with Gasteiger partial charge in [-0.25, -0.2) is 4.68 Å². The second-order valence-electron chi connectivity index (χ2n) is 7.37. The highest BCUT2D eigenvalue weighted by Gasteiger charge is 2.22. The van der Waals surface area contributed by atoms with Gasteiger partial charge in [-0.2, -0.15) is 5.10 Å². The molecular formula is C22H24ClN5O. The average Bonchev–Trinajstić information content (AvgIpc) is 3.02. The van der Waals surface area contributed by atoms with Gasteiger partial charge in [0.15, 0.2) is 0 Å². The minimum atomic E-state index is 0.0731. The molecule has 1 fully saturated rings. The number of benzene rings is 1. The average molecular weight is 410 g/mol. The third-order valence-corrected chi connectivity index (χ3v) is 5.90. The summed E-state index contributed by atoms with van der Waals surface area (Å²) in [6.45, 7) is 7.88. The van der Waals surface area contributed by atoms with E-state index < -0.39 is 0 Å². The van der Waals surface area contributed by atoms with Crippen molar-refractivity contribution in [3.05, 3.63) is 76.3 Å². The van der Waals surface area contributed by atoms with Gasteiger partial charge < -0.3 is 4.90 Å². The molecule has 29 heavy (non-hydrogen) atoms. The summed E-state index contributed by atoms with van der Waals surface area (Å²) in [5, 5.41) is 5.14. The lowest BCUT2D eigenvalue weighted by atomic mass is 10.1. The molecule has 3 heterocycles. The van der Waals surface area contributed by atoms with Gasteiger partial charge >= 0.3 is 0 Å². The molecule has 1 aliphatic rings. The summed E-state index contributed by atoms with van der Waals surface area (Å²) < 4.78 is 1.81. The Morgan fingerprint density at radius 1 is 1.07 bits per heavy atom. The van der Waals surface area contributed by atoms with Crippen LogP contribution in [0.4, 0.5) is 0 Å². The van der Waals surface area contributed by atoms with Crippen molar-refractivity contribution in [3.8, 4) is 5.69 Å². The number of hydrogen-bond acceptors (Lipinski definition) is 4. The van der Waals surface area contributed by atoms with Gasteiger partial charge in [-0.15, -0.1) is 0 Å². The molecule has 1 aromatic carbocycles. The Morgan fingerprint density at radius 2 is 1.79 bits per heavy atom. The zero-order chi connectivity index (χ0) is 20.4. The second-order valence-corrected chi connectivity index (χ2v) is 7.75. The van der Waals surface area contributed by atoms with Crippen LogP contribution < -0.4 is 0 Å². The Bertz CT molecular complexity index is 992. The molecule has 1 amide bonds. The van der Waals surface area contributed by atoms with E-state index in [1.165, 1.54) is 5.56 Å². The van der Waals surface area contributed by atoms with Gasteiger partial charge in [-0.1, -0.05) is 17.7 Å². The third kappa shape index (κ3) is 4.18. The highest BCUT2D eigenvalue weighted by molar-refractivity contribution is 6.31. The molecule has 0 spiro atoms. The minimum Gasteiger partial charge on any atom is -0.336 e. The lowest BCUT2D eigenvalue weighted by Crippen LogP contribution is -2.48. The predicted molar refractivity (Wildman–Crippen MR) is 113 cm³/mol. The van der Waals surface area contributed by atoms with E-state index in [0.717, 1.165) is 49.8 Å². The number of piperazine rings is 1. The first-order valence-corrected chi connectivity index (χ1v) is 10.1. The van der Waals surface area contributed by atoms with Gasteiger partial charge in [0.2, 0.25) is 0 Å². The van der Waals surface area contributed by atoms with Crippen molar-refractivity contribution in [2.75, 3.05) is 26.2 Å². The summed E-state index contributed by atoms with van der Waals surface area (Å²) in [5.41, 5.74) is 4.49. The van der Waals surface area contributed by atoms with Crippen molar-refractivity contribution in [3.63, 3.8) is 0 Å². The number of aryl methyl sites for hydroxylation is 1. The molecule has 7 heteroatoms. The van der Waals surface area contributed by atoms with Crippen LogP contribution in [-0.2, 0) is 6.54 Å². The van der Waals surface area contributed by atoms with Crippen LogP contribution in [0, 0.1) is 13.8 Å². The molecular weight excluding hydrogens is 386 g/mol. The molecule has 4 rings (SSSR count). The van der Waals surface area contributed by atoms with Crippen LogP contribution in [0.2, 0.25) is 5.02 Å². The van der Waals surface area contributed by atoms with E-state index in [0.29, 0.717) is 10.6 Å². The van der Waals surface area contributed by atoms with E-state index in [1.807, 2.05) is 60.0 Å². The Morgan fingerprint density at radius 3 is 2.38 bits per heavy atom. The largest absolute Gasteiger partial charge is 0.336 e. The maximum Gasteiger partial charge on any atom is 0.253 e. The van der Waals surface area contributed by atoms with Crippen LogP contribution in [0.15, 0.2) is 48.8 Å². The summed E-state index contributed by atoms with van der Waals surface area (Å²) in [6, 6.07) is 11.6. The van der Waals surface area contributed by atoms with Crippen molar-refractivity contribution in [2.45, 2.75) is 20.4 Å². The maximum atomic E-state index is 12.9. The van der Waals surface area contributed by atoms with Crippen LogP contribution in [0.3, 0.4) is 0 Å². The Kier molecular flexibility index (Phi) is 5.65. The Hall–Kier alpha value is -2.70. The van der Waals surface area contributed by atoms with Gasteiger partial charge in [0.05, 0.1) is 22.1 Å². The minimum absolute atomic E-state index is 0.0731. The maximum absolute atomic E-state index is 12.9. The van der Waals surface area contributed by atoms with E-state index in [-0.39, 0.29) is 5.91 Å². The number of carbonyl (C=O) groups excluding carboxylic acids is 1. The lowest BCUT2D eigenvalue weighted by Gasteiger charge is -2.34. The molecule has 0 saturated carbocycles. The summed E-state index contributed by atoms with van der Waals surface area (Å²) in [4.78, 5) is 21.3. The molecule has 0 bridgehead atoms. The lowest BCUT2D eigenvalue weighted by molar-refractivity contribution is 0.0628. The van der Waals surface area contributed by atoms with E-state index >= 15 is 0 Å². The van der Waals surface area contributed by atoms with Crippen LogP contribution in [0.25, 0.3) is 5.69 Å². The van der Waals surface area contributed by atoms with E-state index in [2.05, 4.69) is 21.0 Å². The van der Waals surface area contributed by atoms with Crippen LogP contribution in [0.5, 0.6) is 0 Å². The molecule has 1 aliphatic heterocycles. The molecule has 0 N–H and O–H groups in total. The first kappa shape index (κ1) is 19.6.